The molecule has 0 aliphatic carbocycles. The van der Waals surface area contributed by atoms with E-state index in [1.54, 1.807) is 13.0 Å². The number of nitrogen functional groups attached to an aromatic ring is 1. The van der Waals surface area contributed by atoms with Crippen LogP contribution in [0, 0.1) is 19.8 Å². The van der Waals surface area contributed by atoms with Crippen molar-refractivity contribution in [3.05, 3.63) is 23.3 Å². The van der Waals surface area contributed by atoms with Gasteiger partial charge in [-0.1, -0.05) is 19.1 Å². The van der Waals surface area contributed by atoms with Crippen LogP contribution < -0.4 is 10.5 Å². The third-order valence-corrected chi connectivity index (χ3v) is 5.79. The summed E-state index contributed by atoms with van der Waals surface area (Å²) in [6.07, 6.45) is 1.94. The van der Waals surface area contributed by atoms with Crippen molar-refractivity contribution >= 4 is 15.7 Å². The Morgan fingerprint density at radius 3 is 2.67 bits per heavy atom. The summed E-state index contributed by atoms with van der Waals surface area (Å²) in [5.41, 5.74) is 7.74. The summed E-state index contributed by atoms with van der Waals surface area (Å²) in [5.74, 6) is 0.233. The molecule has 1 aromatic carbocycles. The number of nitrogens with two attached hydrogens (primary N) is 1. The van der Waals surface area contributed by atoms with Crippen molar-refractivity contribution in [1.82, 2.24) is 4.72 Å². The molecule has 0 spiro atoms. The van der Waals surface area contributed by atoms with Crippen LogP contribution in [-0.4, -0.2) is 27.7 Å². The zero-order chi connectivity index (χ0) is 15.6. The van der Waals surface area contributed by atoms with E-state index in [1.165, 1.54) is 0 Å². The van der Waals surface area contributed by atoms with Crippen molar-refractivity contribution < 1.29 is 13.2 Å². The summed E-state index contributed by atoms with van der Waals surface area (Å²) in [5, 5.41) is 0. The van der Waals surface area contributed by atoms with Crippen molar-refractivity contribution in [2.24, 2.45) is 5.92 Å². The van der Waals surface area contributed by atoms with Gasteiger partial charge in [-0.2, -0.15) is 0 Å². The van der Waals surface area contributed by atoms with Gasteiger partial charge < -0.3 is 10.5 Å². The van der Waals surface area contributed by atoms with E-state index in [0.29, 0.717) is 24.4 Å². The van der Waals surface area contributed by atoms with Gasteiger partial charge in [-0.25, -0.2) is 13.1 Å². The molecule has 2 rings (SSSR count). The van der Waals surface area contributed by atoms with E-state index in [-0.39, 0.29) is 16.9 Å². The maximum absolute atomic E-state index is 12.5. The minimum Gasteiger partial charge on any atom is -0.397 e. The number of hydrogen-bond acceptors (Lipinski definition) is 4. The minimum absolute atomic E-state index is 0.142. The van der Waals surface area contributed by atoms with Crippen LogP contribution in [0.15, 0.2) is 17.0 Å². The number of nitrogens with one attached hydrogen (secondary N) is 1. The molecule has 0 bridgehead atoms. The zero-order valence-electron chi connectivity index (χ0n) is 12.8. The Hall–Kier alpha value is -1.11. The lowest BCUT2D eigenvalue weighted by atomic mass is 10.0. The molecule has 21 heavy (non-hydrogen) atoms. The highest BCUT2D eigenvalue weighted by molar-refractivity contribution is 7.89. The molecule has 2 unspecified atom stereocenters. The predicted octanol–water partition coefficient (Wildman–Crippen LogP) is 1.98. The molecule has 1 heterocycles. The van der Waals surface area contributed by atoms with Crippen LogP contribution in [0.25, 0.3) is 0 Å². The molecule has 0 radical (unpaired) electrons. The predicted molar refractivity (Wildman–Crippen MR) is 83.7 cm³/mol. The van der Waals surface area contributed by atoms with Crippen LogP contribution in [0.2, 0.25) is 0 Å². The van der Waals surface area contributed by atoms with Crippen LogP contribution >= 0.6 is 0 Å². The molecule has 1 aliphatic rings. The fourth-order valence-electron chi connectivity index (χ4n) is 2.83. The molecule has 6 heteroatoms. The van der Waals surface area contributed by atoms with E-state index in [9.17, 15) is 8.42 Å². The van der Waals surface area contributed by atoms with Gasteiger partial charge in [0.15, 0.2) is 0 Å². The molecular weight excluding hydrogens is 288 g/mol. The molecule has 0 aromatic heterocycles. The molecule has 1 saturated heterocycles. The standard InChI is InChI=1S/C15H24N2O3S/c1-4-13-12(7-8-20-13)9-17-21(18,19)15-11(3)6-5-10(2)14(15)16/h5-6,12-13,17H,4,7-9,16H2,1-3H3. The summed E-state index contributed by atoms with van der Waals surface area (Å²) in [6, 6.07) is 3.62. The fraction of sp³-hybridized carbons (Fsp3) is 0.600. The van der Waals surface area contributed by atoms with Gasteiger partial charge in [0.25, 0.3) is 0 Å². The Kier molecular flexibility index (Phi) is 4.91. The van der Waals surface area contributed by atoms with Crippen LogP contribution in [0.1, 0.15) is 30.9 Å². The Morgan fingerprint density at radius 2 is 2.00 bits per heavy atom. The highest BCUT2D eigenvalue weighted by atomic mass is 32.2. The van der Waals surface area contributed by atoms with Gasteiger partial charge in [-0.05, 0) is 37.8 Å². The maximum atomic E-state index is 12.5. The van der Waals surface area contributed by atoms with Gasteiger partial charge in [0.2, 0.25) is 10.0 Å². The maximum Gasteiger partial charge on any atom is 0.242 e. The van der Waals surface area contributed by atoms with E-state index in [2.05, 4.69) is 11.6 Å². The van der Waals surface area contributed by atoms with E-state index < -0.39 is 10.0 Å². The van der Waals surface area contributed by atoms with Crippen LogP contribution in [0.3, 0.4) is 0 Å². The molecular formula is C15H24N2O3S. The van der Waals surface area contributed by atoms with Crippen LogP contribution in [0.5, 0.6) is 0 Å². The number of anilines is 1. The lowest BCUT2D eigenvalue weighted by molar-refractivity contribution is 0.0884. The molecule has 0 amide bonds. The summed E-state index contributed by atoms with van der Waals surface area (Å²) in [6.45, 7) is 6.73. The fourth-order valence-corrected chi connectivity index (χ4v) is 4.35. The molecule has 5 nitrogen and oxygen atoms in total. The van der Waals surface area contributed by atoms with Gasteiger partial charge in [0.05, 0.1) is 11.8 Å². The molecule has 1 fully saturated rings. The van der Waals surface area contributed by atoms with Crippen molar-refractivity contribution in [3.63, 3.8) is 0 Å². The Morgan fingerprint density at radius 1 is 1.33 bits per heavy atom. The van der Waals surface area contributed by atoms with E-state index in [1.807, 2.05) is 13.0 Å². The normalized spacial score (nSPS) is 22.6. The molecule has 2 atom stereocenters. The van der Waals surface area contributed by atoms with Crippen molar-refractivity contribution in [2.75, 3.05) is 18.9 Å². The highest BCUT2D eigenvalue weighted by Gasteiger charge is 2.29. The van der Waals surface area contributed by atoms with Gasteiger partial charge in [-0.15, -0.1) is 0 Å². The van der Waals surface area contributed by atoms with Crippen molar-refractivity contribution in [1.29, 1.82) is 0 Å². The second kappa shape index (κ2) is 6.34. The number of rotatable bonds is 5. The average Bonchev–Trinajstić information content (AvgIpc) is 2.88. The van der Waals surface area contributed by atoms with Gasteiger partial charge in [0.1, 0.15) is 4.90 Å². The van der Waals surface area contributed by atoms with Crippen molar-refractivity contribution in [2.45, 2.75) is 44.6 Å². The Balaban J connectivity index is 2.18. The van der Waals surface area contributed by atoms with E-state index in [4.69, 9.17) is 10.5 Å². The van der Waals surface area contributed by atoms with Crippen molar-refractivity contribution in [3.8, 4) is 0 Å². The van der Waals surface area contributed by atoms with Gasteiger partial charge in [0, 0.05) is 19.1 Å². The summed E-state index contributed by atoms with van der Waals surface area (Å²) in [4.78, 5) is 0.203. The molecule has 1 aliphatic heterocycles. The molecule has 118 valence electrons. The lowest BCUT2D eigenvalue weighted by Gasteiger charge is -2.19. The third kappa shape index (κ3) is 3.39. The first-order valence-corrected chi connectivity index (χ1v) is 8.82. The molecule has 0 saturated carbocycles. The number of hydrogen-bond donors (Lipinski definition) is 2. The summed E-state index contributed by atoms with van der Waals surface area (Å²) >= 11 is 0. The number of sulfonamides is 1. The lowest BCUT2D eigenvalue weighted by Crippen LogP contribution is -2.33. The zero-order valence-corrected chi connectivity index (χ0v) is 13.7. The van der Waals surface area contributed by atoms with Crippen LogP contribution in [-0.2, 0) is 14.8 Å². The first-order valence-electron chi connectivity index (χ1n) is 7.33. The van der Waals surface area contributed by atoms with E-state index in [0.717, 1.165) is 18.4 Å². The first-order chi connectivity index (χ1) is 9.86. The monoisotopic (exact) mass is 312 g/mol. The van der Waals surface area contributed by atoms with Crippen LogP contribution in [0.4, 0.5) is 5.69 Å². The molecule has 1 aromatic rings. The quantitative estimate of drug-likeness (QED) is 0.815. The summed E-state index contributed by atoms with van der Waals surface area (Å²) in [7, 11) is -3.59. The SMILES string of the molecule is CCC1OCCC1CNS(=O)(=O)c1c(C)ccc(C)c1N. The number of aryl methyl sites for hydroxylation is 2. The second-order valence-corrected chi connectivity index (χ2v) is 7.36. The topological polar surface area (TPSA) is 81.4 Å². The highest BCUT2D eigenvalue weighted by Crippen LogP contribution is 2.27. The first kappa shape index (κ1) is 16.3. The van der Waals surface area contributed by atoms with Gasteiger partial charge in [-0.3, -0.25) is 0 Å². The molecule has 3 N–H and O–H groups in total. The average molecular weight is 312 g/mol. The second-order valence-electron chi connectivity index (χ2n) is 5.66. The third-order valence-electron chi connectivity index (χ3n) is 4.16. The van der Waals surface area contributed by atoms with E-state index >= 15 is 0 Å². The largest absolute Gasteiger partial charge is 0.397 e. The number of ether oxygens (including phenoxy) is 1. The minimum atomic E-state index is -3.59. The number of benzene rings is 1. The smallest absolute Gasteiger partial charge is 0.242 e. The Bertz CT molecular complexity index is 614. The van der Waals surface area contributed by atoms with Gasteiger partial charge >= 0.3 is 0 Å². The Labute approximate surface area is 126 Å². The summed E-state index contributed by atoms with van der Waals surface area (Å²) < 4.78 is 33.4.